The lowest BCUT2D eigenvalue weighted by Crippen LogP contribution is -2.46. The largest absolute Gasteiger partial charge is 0.478 e. The molecule has 0 bridgehead atoms. The molecule has 1 amide bonds. The molecule has 5 nitrogen and oxygen atoms in total. The Morgan fingerprint density at radius 2 is 2.10 bits per heavy atom. The summed E-state index contributed by atoms with van der Waals surface area (Å²) in [6.07, 6.45) is 1.17. The van der Waals surface area contributed by atoms with Gasteiger partial charge in [0.05, 0.1) is 5.56 Å². The number of hydrogen-bond donors (Lipinski definition) is 2. The van der Waals surface area contributed by atoms with Gasteiger partial charge in [-0.3, -0.25) is 4.79 Å². The lowest BCUT2D eigenvalue weighted by molar-refractivity contribution is -0.141. The van der Waals surface area contributed by atoms with Crippen molar-refractivity contribution in [1.29, 1.82) is 0 Å². The predicted molar refractivity (Wildman–Crippen MR) is 75.8 cm³/mol. The van der Waals surface area contributed by atoms with E-state index in [-0.39, 0.29) is 11.5 Å². The number of aromatic carboxylic acids is 1. The highest BCUT2D eigenvalue weighted by molar-refractivity contribution is 5.87. The zero-order valence-corrected chi connectivity index (χ0v) is 12.1. The zero-order valence-electron chi connectivity index (χ0n) is 12.1. The molecule has 1 aromatic rings. The maximum Gasteiger partial charge on any atom is 0.335 e. The van der Waals surface area contributed by atoms with Crippen LogP contribution in [0.4, 0.5) is 0 Å². The van der Waals surface area contributed by atoms with Crippen LogP contribution < -0.4 is 5.32 Å². The monoisotopic (exact) mass is 279 g/mol. The Labute approximate surface area is 118 Å². The topological polar surface area (TPSA) is 75.6 Å². The molecule has 0 saturated heterocycles. The fourth-order valence-electron chi connectivity index (χ4n) is 1.76. The Hall–Kier alpha value is -1.88. The van der Waals surface area contributed by atoms with E-state index >= 15 is 0 Å². The molecule has 0 radical (unpaired) electrons. The number of rotatable bonds is 7. The molecule has 0 spiro atoms. The molecule has 0 aliphatic carbocycles. The van der Waals surface area contributed by atoms with Crippen LogP contribution in [0, 0.1) is 0 Å². The first-order chi connectivity index (χ1) is 9.42. The fraction of sp³-hybridized carbons (Fsp3) is 0.467. The second kappa shape index (κ2) is 7.05. The van der Waals surface area contributed by atoms with E-state index in [0.717, 1.165) is 5.56 Å². The van der Waals surface area contributed by atoms with Crippen molar-refractivity contribution >= 4 is 11.9 Å². The third-order valence-corrected chi connectivity index (χ3v) is 3.48. The number of benzene rings is 1. The van der Waals surface area contributed by atoms with E-state index in [4.69, 9.17) is 9.84 Å². The molecule has 5 heteroatoms. The van der Waals surface area contributed by atoms with Crippen LogP contribution in [0.15, 0.2) is 24.3 Å². The Kier molecular flexibility index (Phi) is 5.70. The maximum atomic E-state index is 12.0. The van der Waals surface area contributed by atoms with Gasteiger partial charge in [0.2, 0.25) is 0 Å². The van der Waals surface area contributed by atoms with Gasteiger partial charge in [0.25, 0.3) is 5.91 Å². The number of methoxy groups -OCH3 is 1. The number of carboxylic acids is 1. The van der Waals surface area contributed by atoms with Crippen LogP contribution in [0.2, 0.25) is 0 Å². The van der Waals surface area contributed by atoms with Crippen molar-refractivity contribution in [1.82, 2.24) is 5.32 Å². The van der Waals surface area contributed by atoms with Crippen LogP contribution in [0.3, 0.4) is 0 Å². The molecule has 0 heterocycles. The SMILES string of the molecule is CCC(C)(OC)C(=O)NCCc1cccc(C(=O)O)c1. The van der Waals surface area contributed by atoms with Gasteiger partial charge in [-0.1, -0.05) is 19.1 Å². The Bertz CT molecular complexity index is 481. The van der Waals surface area contributed by atoms with Gasteiger partial charge in [0, 0.05) is 13.7 Å². The van der Waals surface area contributed by atoms with Crippen molar-refractivity contribution in [2.45, 2.75) is 32.3 Å². The van der Waals surface area contributed by atoms with E-state index in [1.807, 2.05) is 13.0 Å². The molecule has 0 aliphatic rings. The summed E-state index contributed by atoms with van der Waals surface area (Å²) in [6, 6.07) is 6.70. The number of carbonyl (C=O) groups excluding carboxylic acids is 1. The van der Waals surface area contributed by atoms with Gasteiger partial charge in [-0.25, -0.2) is 4.79 Å². The van der Waals surface area contributed by atoms with E-state index in [2.05, 4.69) is 5.32 Å². The summed E-state index contributed by atoms with van der Waals surface area (Å²) < 4.78 is 5.21. The van der Waals surface area contributed by atoms with Crippen LogP contribution in [0.1, 0.15) is 36.2 Å². The van der Waals surface area contributed by atoms with Crippen LogP contribution in [0.5, 0.6) is 0 Å². The van der Waals surface area contributed by atoms with Crippen molar-refractivity contribution < 1.29 is 19.4 Å². The molecular weight excluding hydrogens is 258 g/mol. The van der Waals surface area contributed by atoms with Gasteiger partial charge in [0.1, 0.15) is 5.60 Å². The number of amides is 1. The highest BCUT2D eigenvalue weighted by Crippen LogP contribution is 2.13. The lowest BCUT2D eigenvalue weighted by Gasteiger charge is -2.25. The normalized spacial score (nSPS) is 13.6. The molecule has 20 heavy (non-hydrogen) atoms. The number of hydrogen-bond acceptors (Lipinski definition) is 3. The molecule has 0 saturated carbocycles. The van der Waals surface area contributed by atoms with Crippen molar-refractivity contribution in [2.24, 2.45) is 0 Å². The Morgan fingerprint density at radius 3 is 2.65 bits per heavy atom. The van der Waals surface area contributed by atoms with E-state index in [1.165, 1.54) is 7.11 Å². The van der Waals surface area contributed by atoms with E-state index in [1.54, 1.807) is 25.1 Å². The van der Waals surface area contributed by atoms with E-state index < -0.39 is 11.6 Å². The van der Waals surface area contributed by atoms with Crippen molar-refractivity contribution in [2.75, 3.05) is 13.7 Å². The smallest absolute Gasteiger partial charge is 0.335 e. The molecule has 1 aromatic carbocycles. The molecule has 110 valence electrons. The second-order valence-electron chi connectivity index (χ2n) is 4.80. The molecule has 1 atom stereocenters. The average molecular weight is 279 g/mol. The van der Waals surface area contributed by atoms with Gasteiger partial charge in [-0.05, 0) is 37.5 Å². The number of carbonyl (C=O) groups is 2. The minimum Gasteiger partial charge on any atom is -0.478 e. The number of carboxylic acid groups (broad SMARTS) is 1. The molecule has 2 N–H and O–H groups in total. The van der Waals surface area contributed by atoms with Gasteiger partial charge in [0.15, 0.2) is 0 Å². The summed E-state index contributed by atoms with van der Waals surface area (Å²) in [5, 5.41) is 11.7. The quantitative estimate of drug-likeness (QED) is 0.798. The Balaban J connectivity index is 2.55. The highest BCUT2D eigenvalue weighted by Gasteiger charge is 2.30. The molecule has 0 fully saturated rings. The molecule has 1 unspecified atom stereocenters. The van der Waals surface area contributed by atoms with Crippen molar-refractivity contribution in [3.05, 3.63) is 35.4 Å². The summed E-state index contributed by atoms with van der Waals surface area (Å²) in [5.74, 6) is -1.11. The third-order valence-electron chi connectivity index (χ3n) is 3.48. The summed E-state index contributed by atoms with van der Waals surface area (Å²) in [6.45, 7) is 4.08. The molecule has 0 aliphatic heterocycles. The minimum atomic E-state index is -0.950. The average Bonchev–Trinajstić information content (AvgIpc) is 2.46. The molecule has 0 aromatic heterocycles. The van der Waals surface area contributed by atoms with Crippen LogP contribution in [0.25, 0.3) is 0 Å². The van der Waals surface area contributed by atoms with Gasteiger partial charge in [-0.2, -0.15) is 0 Å². The van der Waals surface area contributed by atoms with Crippen LogP contribution in [-0.4, -0.2) is 36.2 Å². The predicted octanol–water partition coefficient (Wildman–Crippen LogP) is 1.86. The first-order valence-electron chi connectivity index (χ1n) is 6.58. The fourth-order valence-corrected chi connectivity index (χ4v) is 1.76. The lowest BCUT2D eigenvalue weighted by atomic mass is 10.0. The van der Waals surface area contributed by atoms with Gasteiger partial charge >= 0.3 is 5.97 Å². The summed E-state index contributed by atoms with van der Waals surface area (Å²) in [5.41, 5.74) is 0.313. The molecule has 1 rings (SSSR count). The maximum absolute atomic E-state index is 12.0. The van der Waals surface area contributed by atoms with Crippen molar-refractivity contribution in [3.8, 4) is 0 Å². The number of ether oxygens (including phenoxy) is 1. The summed E-state index contributed by atoms with van der Waals surface area (Å²) in [4.78, 5) is 22.8. The molecular formula is C15H21NO4. The number of nitrogens with one attached hydrogen (secondary N) is 1. The van der Waals surface area contributed by atoms with E-state index in [9.17, 15) is 9.59 Å². The second-order valence-corrected chi connectivity index (χ2v) is 4.80. The first kappa shape index (κ1) is 16.2. The van der Waals surface area contributed by atoms with Crippen LogP contribution in [-0.2, 0) is 16.0 Å². The summed E-state index contributed by atoms with van der Waals surface area (Å²) >= 11 is 0. The van der Waals surface area contributed by atoms with Gasteiger partial charge in [-0.15, -0.1) is 0 Å². The van der Waals surface area contributed by atoms with Crippen LogP contribution >= 0.6 is 0 Å². The zero-order chi connectivity index (χ0) is 15.2. The summed E-state index contributed by atoms with van der Waals surface area (Å²) in [7, 11) is 1.51. The highest BCUT2D eigenvalue weighted by atomic mass is 16.5. The standard InChI is InChI=1S/C15H21NO4/c1-4-15(2,20-3)14(19)16-9-8-11-6-5-7-12(10-11)13(17)18/h5-7,10H,4,8-9H2,1-3H3,(H,16,19)(H,17,18). The van der Waals surface area contributed by atoms with E-state index in [0.29, 0.717) is 19.4 Å². The third kappa shape index (κ3) is 4.06. The minimum absolute atomic E-state index is 0.156. The van der Waals surface area contributed by atoms with Gasteiger partial charge < -0.3 is 15.2 Å². The Morgan fingerprint density at radius 1 is 1.40 bits per heavy atom. The van der Waals surface area contributed by atoms with Crippen molar-refractivity contribution in [3.63, 3.8) is 0 Å². The first-order valence-corrected chi connectivity index (χ1v) is 6.58.